The summed E-state index contributed by atoms with van der Waals surface area (Å²) in [5.41, 5.74) is 5.54. The highest BCUT2D eigenvalue weighted by atomic mass is 79.9. The molecule has 0 radical (unpaired) electrons. The maximum Gasteiger partial charge on any atom is 0.255 e. The van der Waals surface area contributed by atoms with Crippen LogP contribution in [0.1, 0.15) is 32.9 Å². The van der Waals surface area contributed by atoms with Crippen LogP contribution < -0.4 is 5.32 Å². The minimum atomic E-state index is -0.0900. The predicted molar refractivity (Wildman–Crippen MR) is 131 cm³/mol. The number of aromatic nitrogens is 2. The molecule has 4 rings (SSSR count). The first-order valence-corrected chi connectivity index (χ1v) is 11.8. The molecule has 3 aromatic rings. The molecular formula is C25H30BrN5O. The van der Waals surface area contributed by atoms with Gasteiger partial charge < -0.3 is 10.2 Å². The Hall–Kier alpha value is -2.48. The predicted octanol–water partition coefficient (Wildman–Crippen LogP) is 3.93. The van der Waals surface area contributed by atoms with Crippen molar-refractivity contribution in [3.63, 3.8) is 0 Å². The molecule has 1 aliphatic rings. The van der Waals surface area contributed by atoms with Gasteiger partial charge in [-0.15, -0.1) is 0 Å². The van der Waals surface area contributed by atoms with E-state index in [9.17, 15) is 4.79 Å². The van der Waals surface area contributed by atoms with Crippen LogP contribution in [0.4, 0.5) is 0 Å². The second kappa shape index (κ2) is 9.98. The summed E-state index contributed by atoms with van der Waals surface area (Å²) in [5, 5.41) is 7.69. The summed E-state index contributed by atoms with van der Waals surface area (Å²) >= 11 is 3.46. The molecule has 168 valence electrons. The van der Waals surface area contributed by atoms with Crippen LogP contribution in [0.15, 0.2) is 53.0 Å². The van der Waals surface area contributed by atoms with Crippen molar-refractivity contribution < 1.29 is 4.79 Å². The lowest BCUT2D eigenvalue weighted by Gasteiger charge is -2.32. The fraction of sp³-hybridized carbons (Fsp3) is 0.360. The maximum absolute atomic E-state index is 13.0. The van der Waals surface area contributed by atoms with E-state index in [0.717, 1.165) is 59.8 Å². The highest BCUT2D eigenvalue weighted by molar-refractivity contribution is 9.10. The van der Waals surface area contributed by atoms with Gasteiger partial charge in [-0.25, -0.2) is 4.68 Å². The fourth-order valence-corrected chi connectivity index (χ4v) is 4.44. The molecule has 2 heterocycles. The molecule has 0 atom stereocenters. The summed E-state index contributed by atoms with van der Waals surface area (Å²) in [6, 6.07) is 16.4. The van der Waals surface area contributed by atoms with Crippen molar-refractivity contribution in [2.45, 2.75) is 26.9 Å². The summed E-state index contributed by atoms with van der Waals surface area (Å²) in [4.78, 5) is 17.9. The third-order valence-corrected chi connectivity index (χ3v) is 6.56. The zero-order chi connectivity index (χ0) is 22.7. The summed E-state index contributed by atoms with van der Waals surface area (Å²) in [6.07, 6.45) is 0. The Bertz CT molecular complexity index is 1080. The average molecular weight is 496 g/mol. The van der Waals surface area contributed by atoms with E-state index in [-0.39, 0.29) is 5.91 Å². The molecule has 1 saturated heterocycles. The maximum atomic E-state index is 13.0. The first-order chi connectivity index (χ1) is 15.4. The van der Waals surface area contributed by atoms with Gasteiger partial charge in [-0.05, 0) is 56.3 Å². The van der Waals surface area contributed by atoms with Crippen LogP contribution >= 0.6 is 15.9 Å². The van der Waals surface area contributed by atoms with Crippen LogP contribution in [0.2, 0.25) is 0 Å². The zero-order valence-corrected chi connectivity index (χ0v) is 20.5. The second-order valence-corrected chi connectivity index (χ2v) is 9.43. The number of likely N-dealkylation sites (N-methyl/N-ethyl adjacent to an activating group) is 1. The van der Waals surface area contributed by atoms with Crippen LogP contribution in [-0.2, 0) is 13.1 Å². The second-order valence-electron chi connectivity index (χ2n) is 8.52. The molecule has 1 aromatic heterocycles. The third-order valence-electron chi connectivity index (χ3n) is 6.04. The molecule has 0 saturated carbocycles. The number of amides is 1. The van der Waals surface area contributed by atoms with Crippen molar-refractivity contribution in [2.75, 3.05) is 33.2 Å². The van der Waals surface area contributed by atoms with E-state index in [1.165, 1.54) is 5.56 Å². The van der Waals surface area contributed by atoms with E-state index < -0.39 is 0 Å². The van der Waals surface area contributed by atoms with Crippen LogP contribution in [0.25, 0.3) is 5.69 Å². The standard InChI is InChI=1S/C25H30BrN5O/c1-18-24(19(2)31(28-18)23-9-7-22(26)8-10-23)25(32)27-16-20-5-4-6-21(15-20)17-30-13-11-29(3)12-14-30/h4-10,15H,11-14,16-17H2,1-3H3,(H,27,32). The SMILES string of the molecule is Cc1nn(-c2ccc(Br)cc2)c(C)c1C(=O)NCc1cccc(CN2CCN(C)CC2)c1. The average Bonchev–Trinajstić information content (AvgIpc) is 3.08. The van der Waals surface area contributed by atoms with Crippen molar-refractivity contribution in [3.8, 4) is 5.69 Å². The van der Waals surface area contributed by atoms with Gasteiger partial charge in [0, 0.05) is 43.7 Å². The van der Waals surface area contributed by atoms with Gasteiger partial charge in [-0.3, -0.25) is 9.69 Å². The summed E-state index contributed by atoms with van der Waals surface area (Å²) in [7, 11) is 2.17. The number of rotatable bonds is 6. The molecule has 32 heavy (non-hydrogen) atoms. The van der Waals surface area contributed by atoms with Crippen LogP contribution in [-0.4, -0.2) is 58.7 Å². The van der Waals surface area contributed by atoms with E-state index in [2.05, 4.69) is 67.5 Å². The summed E-state index contributed by atoms with van der Waals surface area (Å²) < 4.78 is 2.84. The number of carbonyl (C=O) groups is 1. The Balaban J connectivity index is 1.41. The quantitative estimate of drug-likeness (QED) is 0.562. The molecule has 0 bridgehead atoms. The van der Waals surface area contributed by atoms with Gasteiger partial charge in [-0.1, -0.05) is 40.2 Å². The molecule has 0 aliphatic carbocycles. The highest BCUT2D eigenvalue weighted by Gasteiger charge is 2.19. The molecule has 1 N–H and O–H groups in total. The number of halogens is 1. The molecule has 1 aliphatic heterocycles. The van der Waals surface area contributed by atoms with Gasteiger partial charge in [0.15, 0.2) is 0 Å². The Morgan fingerprint density at radius 2 is 1.72 bits per heavy atom. The van der Waals surface area contributed by atoms with Crippen molar-refractivity contribution in [1.29, 1.82) is 0 Å². The largest absolute Gasteiger partial charge is 0.348 e. The molecule has 2 aromatic carbocycles. The van der Waals surface area contributed by atoms with Crippen LogP contribution in [0.5, 0.6) is 0 Å². The lowest BCUT2D eigenvalue weighted by Crippen LogP contribution is -2.43. The lowest BCUT2D eigenvalue weighted by molar-refractivity contribution is 0.0949. The van der Waals surface area contributed by atoms with E-state index in [1.54, 1.807) is 0 Å². The van der Waals surface area contributed by atoms with E-state index >= 15 is 0 Å². The Labute approximate surface area is 198 Å². The van der Waals surface area contributed by atoms with Gasteiger partial charge in [0.2, 0.25) is 0 Å². The van der Waals surface area contributed by atoms with Crippen molar-refractivity contribution >= 4 is 21.8 Å². The summed E-state index contributed by atoms with van der Waals surface area (Å²) in [6.45, 7) is 9.69. The first-order valence-electron chi connectivity index (χ1n) is 11.0. The molecule has 1 fully saturated rings. The van der Waals surface area contributed by atoms with E-state index in [1.807, 2.05) is 42.8 Å². The van der Waals surface area contributed by atoms with Crippen molar-refractivity contribution in [3.05, 3.63) is 81.1 Å². The molecule has 0 unspecified atom stereocenters. The minimum absolute atomic E-state index is 0.0900. The Morgan fingerprint density at radius 1 is 1.03 bits per heavy atom. The number of benzene rings is 2. The number of hydrogen-bond acceptors (Lipinski definition) is 4. The van der Waals surface area contributed by atoms with Crippen molar-refractivity contribution in [2.24, 2.45) is 0 Å². The molecule has 6 nitrogen and oxygen atoms in total. The Kier molecular flexibility index (Phi) is 7.08. The van der Waals surface area contributed by atoms with Crippen LogP contribution in [0, 0.1) is 13.8 Å². The monoisotopic (exact) mass is 495 g/mol. The summed E-state index contributed by atoms with van der Waals surface area (Å²) in [5.74, 6) is -0.0900. The zero-order valence-electron chi connectivity index (χ0n) is 18.9. The molecular weight excluding hydrogens is 466 g/mol. The topological polar surface area (TPSA) is 53.4 Å². The smallest absolute Gasteiger partial charge is 0.255 e. The van der Waals surface area contributed by atoms with Gasteiger partial charge in [0.1, 0.15) is 0 Å². The number of nitrogens with zero attached hydrogens (tertiary/aromatic N) is 4. The molecule has 0 spiro atoms. The number of nitrogens with one attached hydrogen (secondary N) is 1. The van der Waals surface area contributed by atoms with Gasteiger partial charge in [-0.2, -0.15) is 5.10 Å². The third kappa shape index (κ3) is 5.28. The van der Waals surface area contributed by atoms with Gasteiger partial charge in [0.05, 0.1) is 22.6 Å². The first kappa shape index (κ1) is 22.7. The number of hydrogen-bond donors (Lipinski definition) is 1. The fourth-order valence-electron chi connectivity index (χ4n) is 4.18. The van der Waals surface area contributed by atoms with E-state index in [4.69, 9.17) is 0 Å². The molecule has 7 heteroatoms. The molecule has 1 amide bonds. The highest BCUT2D eigenvalue weighted by Crippen LogP contribution is 2.20. The van der Waals surface area contributed by atoms with Gasteiger partial charge in [0.25, 0.3) is 5.91 Å². The lowest BCUT2D eigenvalue weighted by atomic mass is 10.1. The van der Waals surface area contributed by atoms with E-state index in [0.29, 0.717) is 12.1 Å². The number of piperazine rings is 1. The number of carbonyl (C=O) groups excluding carboxylic acids is 1. The van der Waals surface area contributed by atoms with Crippen LogP contribution in [0.3, 0.4) is 0 Å². The Morgan fingerprint density at radius 3 is 2.44 bits per heavy atom. The minimum Gasteiger partial charge on any atom is -0.348 e. The van der Waals surface area contributed by atoms with Gasteiger partial charge >= 0.3 is 0 Å². The van der Waals surface area contributed by atoms with Crippen molar-refractivity contribution in [1.82, 2.24) is 24.9 Å². The normalized spacial score (nSPS) is 15.1. The number of aryl methyl sites for hydroxylation is 1.